The number of benzene rings is 4. The summed E-state index contributed by atoms with van der Waals surface area (Å²) < 4.78 is 71.6. The quantitative estimate of drug-likeness (QED) is 0.0308. The normalized spacial score (nSPS) is 31.2. The topological polar surface area (TPSA) is 324 Å². The number of ketones is 5. The summed E-state index contributed by atoms with van der Waals surface area (Å²) in [6, 6.07) is 8.95. The Morgan fingerprint density at radius 1 is 0.590 bits per heavy atom. The molecule has 14 rings (SSSR count). The van der Waals surface area contributed by atoms with Gasteiger partial charge in [0.15, 0.2) is 55.0 Å². The van der Waals surface area contributed by atoms with Crippen LogP contribution in [-0.2, 0) is 130 Å². The summed E-state index contributed by atoms with van der Waals surface area (Å²) in [6.07, 6.45) is -4.56. The predicted molar refractivity (Wildman–Crippen MR) is 358 cm³/mol. The molecule has 18 atom stereocenters. The fourth-order valence-electron chi connectivity index (χ4n) is 16.1. The molecule has 4 unspecified atom stereocenters. The van der Waals surface area contributed by atoms with Crippen LogP contribution in [0.3, 0.4) is 0 Å². The summed E-state index contributed by atoms with van der Waals surface area (Å²) in [4.78, 5) is 73.4. The molecule has 6 heterocycles. The smallest absolute Gasteiger partial charge is 0.202 e. The minimum absolute atomic E-state index is 0. The molecule has 0 spiro atoms. The molecule has 6 radical (unpaired) electrons. The summed E-state index contributed by atoms with van der Waals surface area (Å²) in [7, 11) is 18.6. The molecule has 100 heavy (non-hydrogen) atoms. The van der Waals surface area contributed by atoms with Crippen LogP contribution in [0.1, 0.15) is 176 Å². The van der Waals surface area contributed by atoms with E-state index < -0.39 is 131 Å². The third-order valence-corrected chi connectivity index (χ3v) is 20.5. The molecule has 10 aliphatic rings. The van der Waals surface area contributed by atoms with Crippen LogP contribution in [0.15, 0.2) is 36.4 Å². The average molecular weight is 1570 g/mol. The summed E-state index contributed by atoms with van der Waals surface area (Å²) in [5.41, 5.74) is -4.36. The van der Waals surface area contributed by atoms with Crippen LogP contribution in [0.5, 0.6) is 34.5 Å². The van der Waals surface area contributed by atoms with Crippen molar-refractivity contribution in [2.45, 2.75) is 188 Å². The van der Waals surface area contributed by atoms with Crippen LogP contribution in [0.25, 0.3) is 0 Å². The Labute approximate surface area is 638 Å². The second-order valence-electron chi connectivity index (χ2n) is 25.9. The number of carbonyl (C=O) groups is 5. The van der Waals surface area contributed by atoms with E-state index in [0.717, 1.165) is 0 Å². The number of aliphatic hydroxyl groups is 2. The monoisotopic (exact) mass is 1570 g/mol. The summed E-state index contributed by atoms with van der Waals surface area (Å²) in [5.74, 6) is -4.88. The van der Waals surface area contributed by atoms with Crippen LogP contribution in [0, 0.1) is 13.8 Å². The zero-order valence-electron chi connectivity index (χ0n) is 56.8. The number of carbonyl (C=O) groups excluding carboxylic acids is 5. The molecule has 25 nitrogen and oxygen atoms in total. The second kappa shape index (κ2) is 33.6. The number of fused-ring (bicyclic) bond motifs is 12. The van der Waals surface area contributed by atoms with Crippen molar-refractivity contribution in [2.75, 3.05) is 54.7 Å². The van der Waals surface area contributed by atoms with E-state index >= 15 is 0 Å². The van der Waals surface area contributed by atoms with Crippen LogP contribution >= 0.6 is 18.2 Å². The van der Waals surface area contributed by atoms with Crippen molar-refractivity contribution in [2.24, 2.45) is 0 Å². The van der Waals surface area contributed by atoms with Gasteiger partial charge in [0.2, 0.25) is 11.6 Å². The molecule has 0 bridgehead atoms. The predicted octanol–water partition coefficient (Wildman–Crippen LogP) is 5.76. The van der Waals surface area contributed by atoms with E-state index in [2.05, 4.69) is 38.8 Å². The average Bonchev–Trinajstić information content (AvgIpc) is 0.976. The molecule has 6 fully saturated rings. The number of Topliss-reactive ketones (excluding diaryl/α,β-unsaturated/α-hetero) is 1. The third-order valence-electron chi connectivity index (χ3n) is 20.5. The van der Waals surface area contributed by atoms with Crippen LogP contribution < -0.4 is 9.47 Å². The zero-order valence-corrected chi connectivity index (χ0v) is 64.7. The van der Waals surface area contributed by atoms with Gasteiger partial charge in [0.25, 0.3) is 0 Å². The molecule has 4 aliphatic carbocycles. The molecular formula is C69H84B2N2O23P2Y2-2. The fourth-order valence-corrected chi connectivity index (χ4v) is 16.1. The van der Waals surface area contributed by atoms with Crippen molar-refractivity contribution < 1.29 is 177 Å². The maximum absolute atomic E-state index is 14.0. The Bertz CT molecular complexity index is 3730. The number of aromatic hydroxyl groups is 4. The van der Waals surface area contributed by atoms with Gasteiger partial charge in [-0.1, -0.05) is 37.1 Å². The molecule has 6 saturated heterocycles. The fraction of sp³-hybridized carbons (Fsp3) is 0.551. The standard InChI is InChI=1S/C35H40NO12.C34H40NO11.2BH2P.2Y/c1-5-6-10-22(37)35(42)14-18-25(31(41)27-26(29(18)39)28(38)17-8-7-9-20(43-3)24(17)30(27)40)21(15-35)47-23-13-19-32(16(2)46-23)48-33-34(44-4)45-12-11-36(19)33;1-5-6-10-34(40)14-18-24(30(39)26-25(28(18)37)27(36)17-8-7-9-20(41-3)23(17)29(26)38)21(15-34)45-22-13-19-31(16(2)44-22)46-32-33(42-4)43-12-11-35(19)32;2*1-2;;/h7-9,16,19,21,23,32-34,39,41-42H,1,5-6,10-15H2,2-4H3;7-9,16,19,21-22,31-33,37,39-40H,1,5-6,10-15H2,2-4H3;2*2H2;;/q2*-1;;;;/t16-,19-,21-,23?,32+,33+,34-,35-;16-,19-,21-,22?,31+,32+,33-,34-;;;;/m00..../s1. The molecule has 0 amide bonds. The number of hydrogen-bond acceptors (Lipinski definition) is 25. The second-order valence-corrected chi connectivity index (χ2v) is 25.9. The van der Waals surface area contributed by atoms with Gasteiger partial charge in [0.05, 0.1) is 106 Å². The van der Waals surface area contributed by atoms with Crippen molar-refractivity contribution in [1.29, 1.82) is 0 Å². The number of morpholine rings is 2. The molecule has 4 aromatic rings. The first kappa shape index (κ1) is 80.8. The van der Waals surface area contributed by atoms with Crippen molar-refractivity contribution >= 4 is 62.3 Å². The third kappa shape index (κ3) is 14.5. The molecule has 0 saturated carbocycles. The Hall–Kier alpha value is -3.33. The first-order chi connectivity index (χ1) is 47.1. The van der Waals surface area contributed by atoms with Gasteiger partial charge < -0.3 is 101 Å². The van der Waals surface area contributed by atoms with Crippen LogP contribution in [0.4, 0.5) is 0 Å². The molecule has 31 heteroatoms. The van der Waals surface area contributed by atoms with Crippen LogP contribution in [0.2, 0.25) is 0 Å². The van der Waals surface area contributed by atoms with E-state index in [4.69, 9.17) is 56.8 Å². The number of phenolic OH excluding ortho intramolecular Hbond substituents is 4. The number of unbranched alkanes of at least 4 members (excludes halogenated alkanes) is 2. The Morgan fingerprint density at radius 3 is 1.43 bits per heavy atom. The minimum Gasteiger partial charge on any atom is -0.507 e. The maximum Gasteiger partial charge on any atom is 0.202 e. The Balaban J connectivity index is 0.000000218. The van der Waals surface area contributed by atoms with Crippen molar-refractivity contribution in [1.82, 2.24) is 9.80 Å². The molecule has 0 aromatic heterocycles. The van der Waals surface area contributed by atoms with Gasteiger partial charge in [-0.15, -0.1) is 0 Å². The summed E-state index contributed by atoms with van der Waals surface area (Å²) in [5, 5.41) is 70.9. The van der Waals surface area contributed by atoms with Crippen LogP contribution in [-0.4, -0.2) is 225 Å². The van der Waals surface area contributed by atoms with E-state index in [1.54, 1.807) is 32.4 Å². The number of methoxy groups -OCH3 is 4. The number of nitrogens with zero attached hydrogens (tertiary/aromatic N) is 2. The first-order valence-electron chi connectivity index (χ1n) is 32.8. The molecule has 532 valence electrons. The van der Waals surface area contributed by atoms with E-state index in [1.807, 2.05) is 32.1 Å². The number of hydrogen-bond donors (Lipinski definition) is 6. The number of ether oxygens (including phenoxy) is 12. The van der Waals surface area contributed by atoms with Gasteiger partial charge in [-0.2, -0.15) is 31.1 Å². The van der Waals surface area contributed by atoms with Crippen molar-refractivity contribution in [3.8, 4) is 34.5 Å². The van der Waals surface area contributed by atoms with Gasteiger partial charge in [-0.05, 0) is 32.4 Å². The number of phenols is 4. The zero-order chi connectivity index (χ0) is 70.6. The van der Waals surface area contributed by atoms with E-state index in [0.29, 0.717) is 71.2 Å². The van der Waals surface area contributed by atoms with Gasteiger partial charge in [-0.25, -0.2) is 0 Å². The maximum atomic E-state index is 14.0. The van der Waals surface area contributed by atoms with Gasteiger partial charge >= 0.3 is 0 Å². The molecule has 6 N–H and O–H groups in total. The van der Waals surface area contributed by atoms with Crippen molar-refractivity contribution in [3.63, 3.8) is 0 Å². The summed E-state index contributed by atoms with van der Waals surface area (Å²) in [6.45, 7) is 13.6. The Morgan fingerprint density at radius 2 is 1.01 bits per heavy atom. The molecule has 6 aliphatic heterocycles. The summed E-state index contributed by atoms with van der Waals surface area (Å²) >= 11 is 0. The largest absolute Gasteiger partial charge is 0.507 e. The van der Waals surface area contributed by atoms with Crippen molar-refractivity contribution in [3.05, 3.63) is 117 Å². The van der Waals surface area contributed by atoms with Gasteiger partial charge in [0, 0.05) is 183 Å². The number of rotatable bonds is 15. The first-order valence-corrected chi connectivity index (χ1v) is 34.2. The molecular weight excluding hydrogens is 1490 g/mol. The minimum atomic E-state index is -2.01. The molecule has 4 aromatic carbocycles. The van der Waals surface area contributed by atoms with E-state index in [-0.39, 0.29) is 194 Å². The SMILES string of the molecule is [B]P.[B]P.[CH2-]CCCC(=O)[C@]1(O)Cc2c(O)c3c(c(O)c2[C@@H](OC2C[C@H]4[C@H](O[C@@H]5[C@@H](OC)OCCN54)[C@H](C)O2)C1)C(=O)c1c(OC)cccc1C3=O.[CH2-]CCC[C@]1(O)Cc2c(O)c3c(c(O)c2[C@@H](OC2C[C@H]4[C@H](O[C@@H]5[C@@H](OC)OCCN54)[C@H](C)O2)C1)C(=O)c1c(OC)cccc1C3=O.[Y].[Y]. The van der Waals surface area contributed by atoms with E-state index in [1.165, 1.54) is 32.4 Å². The van der Waals surface area contributed by atoms with Gasteiger partial charge in [0.1, 0.15) is 52.3 Å². The van der Waals surface area contributed by atoms with Gasteiger partial charge in [-0.3, -0.25) is 33.8 Å². The van der Waals surface area contributed by atoms with E-state index in [9.17, 15) is 54.6 Å². The Kier molecular flexibility index (Phi) is 27.2.